The van der Waals surface area contributed by atoms with Crippen molar-refractivity contribution in [1.82, 2.24) is 0 Å². The second-order valence-corrected chi connectivity index (χ2v) is 2.08. The zero-order valence-corrected chi connectivity index (χ0v) is 9.92. The summed E-state index contributed by atoms with van der Waals surface area (Å²) in [6.45, 7) is 4.33. The Morgan fingerprint density at radius 2 is 0.529 bits per heavy atom. The van der Waals surface area contributed by atoms with Crippen molar-refractivity contribution in [2.45, 2.75) is 27.7 Å². The number of rotatable bonds is 0. The first-order valence-corrected chi connectivity index (χ1v) is 3.71. The molecule has 9 heteroatoms. The van der Waals surface area contributed by atoms with Crippen LogP contribution >= 0.6 is 0 Å². The molecule has 0 aromatic rings. The van der Waals surface area contributed by atoms with Gasteiger partial charge in [0.25, 0.3) is 23.9 Å². The van der Waals surface area contributed by atoms with Gasteiger partial charge in [-0.2, -0.15) is 0 Å². The lowest BCUT2D eigenvalue weighted by atomic mass is 10.9. The van der Waals surface area contributed by atoms with E-state index in [4.69, 9.17) is 39.6 Å². The zero-order valence-electron chi connectivity index (χ0n) is 9.92. The van der Waals surface area contributed by atoms with Crippen molar-refractivity contribution in [1.29, 1.82) is 0 Å². The Morgan fingerprint density at radius 1 is 0.529 bits per heavy atom. The minimum absolute atomic E-state index is 0. The van der Waals surface area contributed by atoms with Gasteiger partial charge in [-0.3, -0.25) is 19.2 Å². The topological polar surface area (TPSA) is 181 Å². The summed E-state index contributed by atoms with van der Waals surface area (Å²) >= 11 is 0. The van der Waals surface area contributed by atoms with Crippen molar-refractivity contribution in [3.05, 3.63) is 0 Å². The summed E-state index contributed by atoms with van der Waals surface area (Å²) in [6, 6.07) is 0. The van der Waals surface area contributed by atoms with Gasteiger partial charge in [0, 0.05) is 27.7 Å². The number of aliphatic carboxylic acids is 4. The van der Waals surface area contributed by atoms with Crippen LogP contribution in [-0.2, 0) is 19.2 Å². The molecule has 9 nitrogen and oxygen atoms in total. The van der Waals surface area contributed by atoms with Crippen molar-refractivity contribution in [3.63, 3.8) is 0 Å². The Bertz CT molecular complexity index is 157. The fraction of sp³-hybridized carbons (Fsp3) is 0.500. The number of carbonyl (C=O) groups is 4. The smallest absolute Gasteiger partial charge is 0.300 e. The van der Waals surface area contributed by atoms with E-state index < -0.39 is 23.9 Å². The maximum absolute atomic E-state index is 9.00. The molecule has 0 aromatic heterocycles. The third-order valence-corrected chi connectivity index (χ3v) is 0. The van der Waals surface area contributed by atoms with Gasteiger partial charge in [0.2, 0.25) is 0 Å². The molecular formula is C8H18O9. The van der Waals surface area contributed by atoms with Gasteiger partial charge >= 0.3 is 0 Å². The summed E-state index contributed by atoms with van der Waals surface area (Å²) in [4.78, 5) is 36.0. The van der Waals surface area contributed by atoms with Crippen molar-refractivity contribution in [2.75, 3.05) is 0 Å². The summed E-state index contributed by atoms with van der Waals surface area (Å²) in [6.07, 6.45) is 0. The third-order valence-electron chi connectivity index (χ3n) is 0. The first-order chi connectivity index (χ1) is 6.93. The predicted molar refractivity (Wildman–Crippen MR) is 56.9 cm³/mol. The highest BCUT2D eigenvalue weighted by Gasteiger charge is 1.66. The largest absolute Gasteiger partial charge is 0.481 e. The van der Waals surface area contributed by atoms with Gasteiger partial charge in [-0.05, 0) is 0 Å². The summed E-state index contributed by atoms with van der Waals surface area (Å²) in [5, 5.41) is 29.7. The van der Waals surface area contributed by atoms with Gasteiger partial charge in [-0.15, -0.1) is 0 Å². The van der Waals surface area contributed by atoms with E-state index in [1.807, 2.05) is 0 Å². The first-order valence-electron chi connectivity index (χ1n) is 3.71. The Morgan fingerprint density at radius 3 is 0.529 bits per heavy atom. The van der Waals surface area contributed by atoms with Gasteiger partial charge in [0.1, 0.15) is 0 Å². The summed E-state index contributed by atoms with van der Waals surface area (Å²) < 4.78 is 0. The first kappa shape index (κ1) is 29.4. The van der Waals surface area contributed by atoms with E-state index in [0.717, 1.165) is 27.7 Å². The molecular weight excluding hydrogens is 240 g/mol. The van der Waals surface area contributed by atoms with Crippen molar-refractivity contribution >= 4 is 23.9 Å². The van der Waals surface area contributed by atoms with Crippen LogP contribution in [0.2, 0.25) is 0 Å². The van der Waals surface area contributed by atoms with Gasteiger partial charge < -0.3 is 25.9 Å². The molecule has 0 radical (unpaired) electrons. The number of hydrogen-bond donors (Lipinski definition) is 4. The van der Waals surface area contributed by atoms with Crippen molar-refractivity contribution in [3.8, 4) is 0 Å². The molecule has 17 heavy (non-hydrogen) atoms. The van der Waals surface area contributed by atoms with E-state index in [2.05, 4.69) is 0 Å². The summed E-state index contributed by atoms with van der Waals surface area (Å²) in [5.41, 5.74) is 0. The lowest BCUT2D eigenvalue weighted by Gasteiger charge is -1.59. The van der Waals surface area contributed by atoms with E-state index in [1.54, 1.807) is 0 Å². The third kappa shape index (κ3) is 416. The molecule has 0 saturated carbocycles. The van der Waals surface area contributed by atoms with Gasteiger partial charge in [0.15, 0.2) is 0 Å². The minimum atomic E-state index is -0.833. The SMILES string of the molecule is CC(=O)O.CC(=O)O.CC(=O)O.CC(=O)O.O. The molecule has 0 spiro atoms. The fourth-order valence-corrected chi connectivity index (χ4v) is 0. The summed E-state index contributed by atoms with van der Waals surface area (Å²) in [7, 11) is 0. The zero-order chi connectivity index (χ0) is 14.3. The fourth-order valence-electron chi connectivity index (χ4n) is 0. The van der Waals surface area contributed by atoms with Crippen LogP contribution in [0.15, 0.2) is 0 Å². The molecule has 0 fully saturated rings. The minimum Gasteiger partial charge on any atom is -0.481 e. The predicted octanol–water partition coefficient (Wildman–Crippen LogP) is -0.461. The van der Waals surface area contributed by atoms with Crippen LogP contribution in [0.5, 0.6) is 0 Å². The molecule has 0 aromatic carbocycles. The number of carboxylic acid groups (broad SMARTS) is 4. The molecule has 0 unspecified atom stereocenters. The van der Waals surface area contributed by atoms with Crippen LogP contribution < -0.4 is 0 Å². The lowest BCUT2D eigenvalue weighted by Crippen LogP contribution is -1.78. The average molecular weight is 258 g/mol. The highest BCUT2D eigenvalue weighted by molar-refractivity contribution is 5.63. The Kier molecular flexibility index (Phi) is 40.7. The molecule has 0 aliphatic carbocycles. The van der Waals surface area contributed by atoms with Crippen LogP contribution in [0.4, 0.5) is 0 Å². The van der Waals surface area contributed by atoms with Gasteiger partial charge in [-0.25, -0.2) is 0 Å². The Balaban J connectivity index is -0.0000000369. The van der Waals surface area contributed by atoms with Crippen LogP contribution in [0.3, 0.4) is 0 Å². The van der Waals surface area contributed by atoms with E-state index in [-0.39, 0.29) is 5.48 Å². The van der Waals surface area contributed by atoms with E-state index >= 15 is 0 Å². The van der Waals surface area contributed by atoms with Crippen LogP contribution in [0.25, 0.3) is 0 Å². The monoisotopic (exact) mass is 258 g/mol. The molecule has 0 rings (SSSR count). The molecule has 0 bridgehead atoms. The lowest BCUT2D eigenvalue weighted by molar-refractivity contribution is -0.135. The normalized spacial score (nSPS) is 5.88. The van der Waals surface area contributed by atoms with E-state index in [0.29, 0.717) is 0 Å². The van der Waals surface area contributed by atoms with E-state index in [1.165, 1.54) is 0 Å². The number of hydrogen-bond acceptors (Lipinski definition) is 4. The van der Waals surface area contributed by atoms with Crippen molar-refractivity contribution in [2.24, 2.45) is 0 Å². The highest BCUT2D eigenvalue weighted by Crippen LogP contribution is 1.43. The molecule has 0 aliphatic rings. The Hall–Kier alpha value is -2.16. The second kappa shape index (κ2) is 23.6. The van der Waals surface area contributed by atoms with E-state index in [9.17, 15) is 0 Å². The molecule has 0 amide bonds. The average Bonchev–Trinajstić information content (AvgIpc) is 1.76. The molecule has 0 saturated heterocycles. The maximum atomic E-state index is 9.00. The van der Waals surface area contributed by atoms with Crippen LogP contribution in [0, 0.1) is 0 Å². The van der Waals surface area contributed by atoms with Crippen molar-refractivity contribution < 1.29 is 45.1 Å². The summed E-state index contributed by atoms with van der Waals surface area (Å²) in [5.74, 6) is -3.33. The second-order valence-electron chi connectivity index (χ2n) is 2.08. The van der Waals surface area contributed by atoms with Crippen LogP contribution in [0.1, 0.15) is 27.7 Å². The van der Waals surface area contributed by atoms with Gasteiger partial charge in [-0.1, -0.05) is 0 Å². The molecule has 0 heterocycles. The highest BCUT2D eigenvalue weighted by atomic mass is 16.4. The number of carboxylic acids is 4. The molecule has 6 N–H and O–H groups in total. The van der Waals surface area contributed by atoms with Crippen LogP contribution in [-0.4, -0.2) is 49.8 Å². The standard InChI is InChI=1S/4C2H4O2.H2O/c4*1-2(3)4;/h4*1H3,(H,3,4);1H2. The molecule has 0 aliphatic heterocycles. The Labute approximate surface area is 97.6 Å². The molecule has 0 atom stereocenters. The molecule has 104 valence electrons. The maximum Gasteiger partial charge on any atom is 0.300 e. The van der Waals surface area contributed by atoms with Gasteiger partial charge in [0.05, 0.1) is 0 Å². The quantitative estimate of drug-likeness (QED) is 0.450.